The molecule has 0 spiro atoms. The summed E-state index contributed by atoms with van der Waals surface area (Å²) in [6.07, 6.45) is 0. The summed E-state index contributed by atoms with van der Waals surface area (Å²) in [5, 5.41) is 0.226. The van der Waals surface area contributed by atoms with Gasteiger partial charge in [0.05, 0.1) is 30.2 Å². The normalized spacial score (nSPS) is 13.8. The van der Waals surface area contributed by atoms with E-state index in [9.17, 15) is 18.0 Å². The van der Waals surface area contributed by atoms with E-state index in [1.807, 2.05) is 0 Å². The maximum atomic E-state index is 12.3. The van der Waals surface area contributed by atoms with Crippen molar-refractivity contribution in [2.75, 3.05) is 14.2 Å². The molecule has 0 radical (unpaired) electrons. The van der Waals surface area contributed by atoms with Crippen molar-refractivity contribution in [1.29, 1.82) is 0 Å². The SMILES string of the molecule is COc1ccc(S(=O)(=O)ON2C(=O)c3ccc(OC)cc3C2=O)cc1. The zero-order chi connectivity index (χ0) is 18.2. The molecule has 2 aromatic carbocycles. The van der Waals surface area contributed by atoms with E-state index in [0.29, 0.717) is 11.5 Å². The molecule has 0 bridgehead atoms. The molecule has 130 valence electrons. The van der Waals surface area contributed by atoms with Gasteiger partial charge in [0, 0.05) is 0 Å². The first-order valence-corrected chi connectivity index (χ1v) is 8.43. The van der Waals surface area contributed by atoms with Gasteiger partial charge in [0.25, 0.3) is 11.8 Å². The number of methoxy groups -OCH3 is 2. The van der Waals surface area contributed by atoms with Crippen LogP contribution in [-0.2, 0) is 14.4 Å². The van der Waals surface area contributed by atoms with Gasteiger partial charge in [-0.25, -0.2) is 0 Å². The van der Waals surface area contributed by atoms with Gasteiger partial charge in [-0.1, -0.05) is 0 Å². The van der Waals surface area contributed by atoms with Gasteiger partial charge in [-0.3, -0.25) is 9.59 Å². The molecule has 25 heavy (non-hydrogen) atoms. The van der Waals surface area contributed by atoms with E-state index < -0.39 is 21.9 Å². The first-order valence-electron chi connectivity index (χ1n) is 7.03. The summed E-state index contributed by atoms with van der Waals surface area (Å²) in [5.74, 6) is -0.928. The Morgan fingerprint density at radius 2 is 1.36 bits per heavy atom. The summed E-state index contributed by atoms with van der Waals surface area (Å²) >= 11 is 0. The topological polar surface area (TPSA) is 99.2 Å². The monoisotopic (exact) mass is 363 g/mol. The van der Waals surface area contributed by atoms with Crippen molar-refractivity contribution in [2.45, 2.75) is 4.90 Å². The third-order valence-corrected chi connectivity index (χ3v) is 4.77. The molecule has 1 aliphatic heterocycles. The number of benzene rings is 2. The van der Waals surface area contributed by atoms with Crippen LogP contribution in [0.15, 0.2) is 47.4 Å². The van der Waals surface area contributed by atoms with Gasteiger partial charge in [-0.2, -0.15) is 8.42 Å². The molecule has 2 aromatic rings. The van der Waals surface area contributed by atoms with Crippen LogP contribution in [0.1, 0.15) is 20.7 Å². The van der Waals surface area contributed by atoms with Crippen molar-refractivity contribution < 1.29 is 31.8 Å². The molecule has 0 fully saturated rings. The Kier molecular flexibility index (Phi) is 4.19. The molecule has 0 aliphatic carbocycles. The van der Waals surface area contributed by atoms with Crippen LogP contribution in [-0.4, -0.2) is 39.5 Å². The lowest BCUT2D eigenvalue weighted by Gasteiger charge is -2.13. The highest BCUT2D eigenvalue weighted by Crippen LogP contribution is 2.29. The Balaban J connectivity index is 1.90. The number of hydrogen-bond acceptors (Lipinski definition) is 7. The highest BCUT2D eigenvalue weighted by atomic mass is 32.2. The zero-order valence-corrected chi connectivity index (χ0v) is 14.1. The molecule has 0 saturated heterocycles. The fourth-order valence-electron chi connectivity index (χ4n) is 2.28. The number of hydrogen-bond donors (Lipinski definition) is 0. The molecule has 2 amide bonds. The fourth-order valence-corrected chi connectivity index (χ4v) is 3.16. The Morgan fingerprint density at radius 3 is 1.96 bits per heavy atom. The van der Waals surface area contributed by atoms with Crippen LogP contribution in [0.4, 0.5) is 0 Å². The lowest BCUT2D eigenvalue weighted by Crippen LogP contribution is -2.32. The van der Waals surface area contributed by atoms with Crippen molar-refractivity contribution in [1.82, 2.24) is 5.06 Å². The van der Waals surface area contributed by atoms with Gasteiger partial charge in [-0.15, -0.1) is 9.35 Å². The first-order chi connectivity index (χ1) is 11.9. The van der Waals surface area contributed by atoms with Gasteiger partial charge < -0.3 is 9.47 Å². The number of fused-ring (bicyclic) bond motifs is 1. The number of hydroxylamine groups is 2. The molecule has 1 heterocycles. The highest BCUT2D eigenvalue weighted by molar-refractivity contribution is 7.86. The Hall–Kier alpha value is -2.91. The van der Waals surface area contributed by atoms with E-state index >= 15 is 0 Å². The zero-order valence-electron chi connectivity index (χ0n) is 13.3. The molecular formula is C16H13NO7S. The van der Waals surface area contributed by atoms with Crippen LogP contribution in [0.3, 0.4) is 0 Å². The third-order valence-electron chi connectivity index (χ3n) is 3.58. The average Bonchev–Trinajstić information content (AvgIpc) is 2.86. The Bertz CT molecular complexity index is 951. The van der Waals surface area contributed by atoms with Crippen LogP contribution < -0.4 is 9.47 Å². The van der Waals surface area contributed by atoms with E-state index in [-0.39, 0.29) is 21.1 Å². The van der Waals surface area contributed by atoms with Gasteiger partial charge in [0.1, 0.15) is 11.5 Å². The predicted molar refractivity (Wildman–Crippen MR) is 84.8 cm³/mol. The van der Waals surface area contributed by atoms with Crippen molar-refractivity contribution >= 4 is 21.9 Å². The van der Waals surface area contributed by atoms with E-state index in [4.69, 9.17) is 13.8 Å². The second kappa shape index (κ2) is 6.19. The van der Waals surface area contributed by atoms with Gasteiger partial charge in [-0.05, 0) is 42.5 Å². The van der Waals surface area contributed by atoms with Gasteiger partial charge in [0.15, 0.2) is 0 Å². The quantitative estimate of drug-likeness (QED) is 0.744. The minimum atomic E-state index is -4.37. The molecule has 0 N–H and O–H groups in total. The first kappa shape index (κ1) is 16.9. The van der Waals surface area contributed by atoms with Crippen molar-refractivity contribution in [2.24, 2.45) is 0 Å². The fraction of sp³-hybridized carbons (Fsp3) is 0.125. The van der Waals surface area contributed by atoms with Crippen LogP contribution in [0.2, 0.25) is 0 Å². The summed E-state index contributed by atoms with van der Waals surface area (Å²) in [6.45, 7) is 0. The molecule has 0 aromatic heterocycles. The molecular weight excluding hydrogens is 350 g/mol. The lowest BCUT2D eigenvalue weighted by molar-refractivity contribution is -0.0104. The molecule has 9 heteroatoms. The van der Waals surface area contributed by atoms with E-state index in [1.165, 1.54) is 56.7 Å². The Morgan fingerprint density at radius 1 is 0.800 bits per heavy atom. The third kappa shape index (κ3) is 2.94. The molecule has 0 saturated carbocycles. The van der Waals surface area contributed by atoms with Crippen LogP contribution in [0.5, 0.6) is 11.5 Å². The smallest absolute Gasteiger partial charge is 0.318 e. The number of carbonyl (C=O) groups is 2. The summed E-state index contributed by atoms with van der Waals surface area (Å²) < 4.78 is 39.3. The van der Waals surface area contributed by atoms with E-state index in [1.54, 1.807) is 0 Å². The lowest BCUT2D eigenvalue weighted by atomic mass is 10.1. The number of carbonyl (C=O) groups excluding carboxylic acids is 2. The summed E-state index contributed by atoms with van der Waals surface area (Å²) in [6, 6.07) is 9.54. The number of amides is 2. The van der Waals surface area contributed by atoms with Crippen molar-refractivity contribution in [3.05, 3.63) is 53.6 Å². The predicted octanol–water partition coefficient (Wildman–Crippen LogP) is 1.62. The number of ether oxygens (including phenoxy) is 2. The summed E-state index contributed by atoms with van der Waals surface area (Å²) in [5.41, 5.74) is 0.0463. The summed E-state index contributed by atoms with van der Waals surface area (Å²) in [7, 11) is -1.52. The maximum absolute atomic E-state index is 12.3. The Labute approximate surface area is 143 Å². The molecule has 0 atom stereocenters. The second-order valence-electron chi connectivity index (χ2n) is 5.02. The molecule has 0 unspecified atom stereocenters. The van der Waals surface area contributed by atoms with Crippen molar-refractivity contribution in [3.8, 4) is 11.5 Å². The van der Waals surface area contributed by atoms with Gasteiger partial charge in [0.2, 0.25) is 0 Å². The standard InChI is InChI=1S/C16H13NO7S/c1-22-10-3-6-12(7-4-10)25(20,21)24-17-15(18)13-8-5-11(23-2)9-14(13)16(17)19/h3-9H,1-2H3. The molecule has 3 rings (SSSR count). The maximum Gasteiger partial charge on any atom is 0.318 e. The number of nitrogens with zero attached hydrogens (tertiary/aromatic N) is 1. The van der Waals surface area contributed by atoms with Crippen LogP contribution in [0, 0.1) is 0 Å². The van der Waals surface area contributed by atoms with Gasteiger partial charge >= 0.3 is 10.1 Å². The average molecular weight is 363 g/mol. The van der Waals surface area contributed by atoms with Crippen LogP contribution in [0.25, 0.3) is 0 Å². The van der Waals surface area contributed by atoms with E-state index in [0.717, 1.165) is 0 Å². The van der Waals surface area contributed by atoms with E-state index in [2.05, 4.69) is 0 Å². The number of rotatable bonds is 5. The molecule has 1 aliphatic rings. The minimum absolute atomic E-state index is 0.00859. The van der Waals surface area contributed by atoms with Crippen LogP contribution >= 0.6 is 0 Å². The number of imide groups is 1. The highest BCUT2D eigenvalue weighted by Gasteiger charge is 2.40. The van der Waals surface area contributed by atoms with Crippen molar-refractivity contribution in [3.63, 3.8) is 0 Å². The second-order valence-corrected chi connectivity index (χ2v) is 6.55. The largest absolute Gasteiger partial charge is 0.497 e. The minimum Gasteiger partial charge on any atom is -0.497 e. The summed E-state index contributed by atoms with van der Waals surface area (Å²) in [4.78, 5) is 24.4. The molecule has 8 nitrogen and oxygen atoms in total.